The highest BCUT2D eigenvalue weighted by molar-refractivity contribution is 5.74. The number of nitrogens with one attached hydrogen (secondary N) is 1. The van der Waals surface area contributed by atoms with Crippen molar-refractivity contribution in [2.24, 2.45) is 5.73 Å². The van der Waals surface area contributed by atoms with E-state index in [-0.39, 0.29) is 23.5 Å². The van der Waals surface area contributed by atoms with Crippen molar-refractivity contribution in [1.29, 1.82) is 5.26 Å². The second-order valence-corrected chi connectivity index (χ2v) is 3.43. The zero-order valence-corrected chi connectivity index (χ0v) is 9.16. The number of benzene rings is 1. The number of nitro groups is 1. The van der Waals surface area contributed by atoms with Crippen LogP contribution in [0.4, 0.5) is 11.4 Å². The van der Waals surface area contributed by atoms with Crippen LogP contribution in [0.3, 0.4) is 0 Å². The molecule has 4 N–H and O–H groups in total. The second kappa shape index (κ2) is 5.60. The van der Waals surface area contributed by atoms with Gasteiger partial charge in [-0.1, -0.05) is 0 Å². The third-order valence-electron chi connectivity index (χ3n) is 2.15. The Kier molecular flexibility index (Phi) is 4.17. The molecule has 0 saturated heterocycles. The van der Waals surface area contributed by atoms with E-state index in [1.807, 2.05) is 6.07 Å². The fourth-order valence-corrected chi connectivity index (χ4v) is 1.21. The smallest absolute Gasteiger partial charge is 0.322 e. The summed E-state index contributed by atoms with van der Waals surface area (Å²) in [5.74, 6) is -1.22. The Morgan fingerprint density at radius 3 is 2.83 bits per heavy atom. The Hall–Kier alpha value is -2.66. The molecular weight excluding hydrogens is 240 g/mol. The third-order valence-corrected chi connectivity index (χ3v) is 2.15. The molecule has 18 heavy (non-hydrogen) atoms. The van der Waals surface area contributed by atoms with E-state index in [1.165, 1.54) is 18.2 Å². The first kappa shape index (κ1) is 13.4. The molecule has 0 aromatic heterocycles. The van der Waals surface area contributed by atoms with Gasteiger partial charge in [-0.25, -0.2) is 0 Å². The minimum atomic E-state index is -1.22. The average molecular weight is 250 g/mol. The minimum Gasteiger partial charge on any atom is -0.480 e. The fourth-order valence-electron chi connectivity index (χ4n) is 1.21. The van der Waals surface area contributed by atoms with Crippen LogP contribution in [0.1, 0.15) is 5.56 Å². The van der Waals surface area contributed by atoms with Crippen LogP contribution < -0.4 is 11.1 Å². The molecule has 94 valence electrons. The Labute approximate surface area is 102 Å². The maximum Gasteiger partial charge on any atom is 0.322 e. The number of aliphatic carboxylic acids is 1. The monoisotopic (exact) mass is 250 g/mol. The second-order valence-electron chi connectivity index (χ2n) is 3.43. The normalized spacial score (nSPS) is 11.3. The molecule has 0 saturated carbocycles. The minimum absolute atomic E-state index is 0.0655. The topological polar surface area (TPSA) is 142 Å². The molecule has 0 heterocycles. The highest BCUT2D eigenvalue weighted by Crippen LogP contribution is 2.25. The number of nitrogens with two attached hydrogens (primary N) is 1. The van der Waals surface area contributed by atoms with Crippen molar-refractivity contribution in [1.82, 2.24) is 0 Å². The Morgan fingerprint density at radius 2 is 2.33 bits per heavy atom. The van der Waals surface area contributed by atoms with Crippen molar-refractivity contribution in [2.75, 3.05) is 11.9 Å². The first-order valence-corrected chi connectivity index (χ1v) is 4.86. The van der Waals surface area contributed by atoms with Gasteiger partial charge in [-0.3, -0.25) is 14.9 Å². The molecule has 1 unspecified atom stereocenters. The molecule has 0 aliphatic carbocycles. The van der Waals surface area contributed by atoms with Crippen LogP contribution in [0.15, 0.2) is 18.2 Å². The van der Waals surface area contributed by atoms with Gasteiger partial charge in [-0.05, 0) is 12.1 Å². The summed E-state index contributed by atoms with van der Waals surface area (Å²) in [5.41, 5.74) is 5.31. The van der Waals surface area contributed by atoms with Crippen LogP contribution in [0.2, 0.25) is 0 Å². The van der Waals surface area contributed by atoms with E-state index in [2.05, 4.69) is 5.32 Å². The number of nitriles is 1. The lowest BCUT2D eigenvalue weighted by molar-refractivity contribution is -0.384. The predicted octanol–water partition coefficient (Wildman–Crippen LogP) is 0.290. The maximum absolute atomic E-state index is 10.7. The fraction of sp³-hybridized carbons (Fsp3) is 0.200. The van der Waals surface area contributed by atoms with Gasteiger partial charge in [0.25, 0.3) is 5.69 Å². The largest absolute Gasteiger partial charge is 0.480 e. The summed E-state index contributed by atoms with van der Waals surface area (Å²) in [6, 6.07) is 4.40. The lowest BCUT2D eigenvalue weighted by atomic mass is 10.2. The van der Waals surface area contributed by atoms with Crippen LogP contribution in [-0.4, -0.2) is 28.6 Å². The molecule has 1 atom stereocenters. The van der Waals surface area contributed by atoms with Crippen molar-refractivity contribution in [3.8, 4) is 6.07 Å². The number of carboxylic acid groups (broad SMARTS) is 1. The number of nitrogens with zero attached hydrogens (tertiary/aromatic N) is 2. The van der Waals surface area contributed by atoms with E-state index in [4.69, 9.17) is 16.1 Å². The van der Waals surface area contributed by atoms with Gasteiger partial charge >= 0.3 is 5.97 Å². The lowest BCUT2D eigenvalue weighted by Crippen LogP contribution is -2.37. The summed E-state index contributed by atoms with van der Waals surface area (Å²) in [5, 5.41) is 30.6. The van der Waals surface area contributed by atoms with Gasteiger partial charge in [0.05, 0.1) is 16.6 Å². The number of carbonyl (C=O) groups is 1. The SMILES string of the molecule is N#Cc1ccc([N+](=O)[O-])c(NCC(N)C(=O)O)c1. The number of hydrogen-bond donors (Lipinski definition) is 3. The van der Waals surface area contributed by atoms with E-state index in [1.54, 1.807) is 0 Å². The van der Waals surface area contributed by atoms with Gasteiger partial charge < -0.3 is 16.2 Å². The zero-order valence-electron chi connectivity index (χ0n) is 9.16. The lowest BCUT2D eigenvalue weighted by Gasteiger charge is -2.10. The highest BCUT2D eigenvalue weighted by atomic mass is 16.6. The summed E-state index contributed by atoms with van der Waals surface area (Å²) in [6.07, 6.45) is 0. The zero-order chi connectivity index (χ0) is 13.7. The highest BCUT2D eigenvalue weighted by Gasteiger charge is 2.17. The summed E-state index contributed by atoms with van der Waals surface area (Å²) in [7, 11) is 0. The van der Waals surface area contributed by atoms with Crippen molar-refractivity contribution >= 4 is 17.3 Å². The summed E-state index contributed by atoms with van der Waals surface area (Å²) in [4.78, 5) is 20.6. The van der Waals surface area contributed by atoms with Crippen LogP contribution in [-0.2, 0) is 4.79 Å². The molecule has 0 aliphatic rings. The average Bonchev–Trinajstić information content (AvgIpc) is 2.34. The standard InChI is InChI=1S/C10H10N4O4/c11-4-6-1-2-9(14(17)18)8(3-6)13-5-7(12)10(15)16/h1-3,7,13H,5,12H2,(H,15,16). The number of anilines is 1. The molecule has 8 heteroatoms. The summed E-state index contributed by atoms with van der Waals surface area (Å²) < 4.78 is 0. The molecule has 1 rings (SSSR count). The van der Waals surface area contributed by atoms with Crippen LogP contribution in [0.25, 0.3) is 0 Å². The molecule has 0 bridgehead atoms. The Balaban J connectivity index is 2.95. The molecule has 0 radical (unpaired) electrons. The molecule has 1 aromatic carbocycles. The van der Waals surface area contributed by atoms with E-state index < -0.39 is 16.9 Å². The number of carboxylic acids is 1. The van der Waals surface area contributed by atoms with E-state index >= 15 is 0 Å². The Bertz CT molecular complexity index is 523. The van der Waals surface area contributed by atoms with Gasteiger partial charge in [0.15, 0.2) is 0 Å². The van der Waals surface area contributed by atoms with Gasteiger partial charge in [0.1, 0.15) is 11.7 Å². The number of hydrogen-bond acceptors (Lipinski definition) is 6. The molecule has 1 aromatic rings. The van der Waals surface area contributed by atoms with Crippen molar-refractivity contribution < 1.29 is 14.8 Å². The predicted molar refractivity (Wildman–Crippen MR) is 61.9 cm³/mol. The van der Waals surface area contributed by atoms with Crippen LogP contribution in [0, 0.1) is 21.4 Å². The maximum atomic E-state index is 10.7. The molecule has 0 spiro atoms. The van der Waals surface area contributed by atoms with E-state index in [9.17, 15) is 14.9 Å². The van der Waals surface area contributed by atoms with Gasteiger partial charge in [-0.15, -0.1) is 0 Å². The third kappa shape index (κ3) is 3.16. The number of nitro benzene ring substituents is 1. The molecule has 0 fully saturated rings. The molecule has 0 aliphatic heterocycles. The molecule has 8 nitrogen and oxygen atoms in total. The molecule has 0 amide bonds. The first-order valence-electron chi connectivity index (χ1n) is 4.86. The van der Waals surface area contributed by atoms with Crippen LogP contribution >= 0.6 is 0 Å². The quantitative estimate of drug-likeness (QED) is 0.503. The van der Waals surface area contributed by atoms with Crippen LogP contribution in [0.5, 0.6) is 0 Å². The summed E-state index contributed by atoms with van der Waals surface area (Å²) >= 11 is 0. The number of rotatable bonds is 5. The van der Waals surface area contributed by atoms with Gasteiger partial charge in [-0.2, -0.15) is 5.26 Å². The molecular formula is C10H10N4O4. The van der Waals surface area contributed by atoms with Crippen molar-refractivity contribution in [3.05, 3.63) is 33.9 Å². The summed E-state index contributed by atoms with van der Waals surface area (Å²) in [6.45, 7) is -0.176. The first-order chi connectivity index (χ1) is 8.45. The van der Waals surface area contributed by atoms with E-state index in [0.717, 1.165) is 0 Å². The van der Waals surface area contributed by atoms with Crippen molar-refractivity contribution in [2.45, 2.75) is 6.04 Å². The van der Waals surface area contributed by atoms with Gasteiger partial charge in [0, 0.05) is 12.6 Å². The Morgan fingerprint density at radius 1 is 1.67 bits per heavy atom. The van der Waals surface area contributed by atoms with Crippen molar-refractivity contribution in [3.63, 3.8) is 0 Å². The van der Waals surface area contributed by atoms with Gasteiger partial charge in [0.2, 0.25) is 0 Å². The van der Waals surface area contributed by atoms with E-state index in [0.29, 0.717) is 0 Å².